The maximum Gasteiger partial charge on any atom is 0.205 e. The van der Waals surface area contributed by atoms with Crippen molar-refractivity contribution in [1.82, 2.24) is 28.5 Å². The molecular weight excluding hydrogens is 776 g/mol. The molecule has 0 saturated carbocycles. The van der Waals surface area contributed by atoms with Gasteiger partial charge < -0.3 is 24.0 Å². The van der Waals surface area contributed by atoms with Gasteiger partial charge in [-0.05, 0) is 84.6 Å². The van der Waals surface area contributed by atoms with Gasteiger partial charge in [-0.3, -0.25) is 9.80 Å². The van der Waals surface area contributed by atoms with Crippen molar-refractivity contribution in [2.45, 2.75) is 12.8 Å². The standard InChI is InChI=1S/C22H26N4O2S.C21H23ClN4OS/c1-27-19-8-6-18(7-9-19)21-23-22(29-24-21)26-14-12-25(13-15-26)11-10-17-4-3-5-20(16-17)28-2;1-27-19-7-2-4-16(14-19)8-9-25-10-12-26(13-11-25)21-23-20(24-28-21)17-5-3-6-18(22)15-17/h3-9,16H,10-15H2,1-2H3;2-7,14-15H,8-13H2,1H3. The smallest absolute Gasteiger partial charge is 0.205 e. The van der Waals surface area contributed by atoms with E-state index in [4.69, 9.17) is 35.8 Å². The average molecular weight is 826 g/mol. The van der Waals surface area contributed by atoms with Crippen LogP contribution in [0.15, 0.2) is 97.1 Å². The largest absolute Gasteiger partial charge is 0.497 e. The topological polar surface area (TPSA) is 92.2 Å². The van der Waals surface area contributed by atoms with E-state index >= 15 is 0 Å². The summed E-state index contributed by atoms with van der Waals surface area (Å²) in [7, 11) is 5.10. The van der Waals surface area contributed by atoms with E-state index in [1.165, 1.54) is 34.2 Å². The maximum absolute atomic E-state index is 6.08. The number of hydrogen-bond donors (Lipinski definition) is 0. The molecule has 6 aromatic rings. The highest BCUT2D eigenvalue weighted by Gasteiger charge is 2.22. The SMILES string of the molecule is COc1ccc(-c2nsc(N3CCN(CCc4cccc(OC)c4)CC3)n2)cc1.COc1cccc(CCN2CCN(c3nc(-c4cccc(Cl)c4)ns3)CC2)c1. The molecule has 0 spiro atoms. The Labute approximate surface area is 348 Å². The van der Waals surface area contributed by atoms with E-state index in [-0.39, 0.29) is 0 Å². The molecule has 4 heterocycles. The number of halogens is 1. The predicted molar refractivity (Wildman–Crippen MR) is 233 cm³/mol. The molecule has 4 aromatic carbocycles. The van der Waals surface area contributed by atoms with Gasteiger partial charge >= 0.3 is 0 Å². The molecule has 0 N–H and O–H groups in total. The number of piperazine rings is 2. The Hall–Kier alpha value is -4.79. The van der Waals surface area contributed by atoms with Crippen molar-refractivity contribution in [3.63, 3.8) is 0 Å². The number of rotatable bonds is 13. The zero-order valence-electron chi connectivity index (χ0n) is 32.7. The van der Waals surface area contributed by atoms with Crippen LogP contribution in [0.1, 0.15) is 11.1 Å². The molecule has 8 rings (SSSR count). The number of aromatic nitrogens is 4. The third-order valence-electron chi connectivity index (χ3n) is 10.2. The fourth-order valence-electron chi connectivity index (χ4n) is 6.85. The van der Waals surface area contributed by atoms with Gasteiger partial charge in [-0.1, -0.05) is 48.0 Å². The van der Waals surface area contributed by atoms with Gasteiger partial charge in [0.2, 0.25) is 10.3 Å². The molecule has 0 atom stereocenters. The van der Waals surface area contributed by atoms with Crippen molar-refractivity contribution >= 4 is 44.9 Å². The molecular formula is C43H49ClN8O3S2. The first-order chi connectivity index (χ1) is 28.0. The molecule has 14 heteroatoms. The molecule has 298 valence electrons. The zero-order chi connectivity index (χ0) is 39.4. The molecule has 0 radical (unpaired) electrons. The molecule has 57 heavy (non-hydrogen) atoms. The van der Waals surface area contributed by atoms with Gasteiger partial charge in [-0.25, -0.2) is 0 Å². The Balaban J connectivity index is 0.000000174. The van der Waals surface area contributed by atoms with E-state index in [9.17, 15) is 0 Å². The summed E-state index contributed by atoms with van der Waals surface area (Å²) in [5.41, 5.74) is 4.62. The van der Waals surface area contributed by atoms with Crippen molar-refractivity contribution in [2.75, 3.05) is 96.6 Å². The first kappa shape index (κ1) is 40.4. The summed E-state index contributed by atoms with van der Waals surface area (Å²) >= 11 is 9.02. The number of hydrogen-bond acceptors (Lipinski definition) is 13. The van der Waals surface area contributed by atoms with E-state index in [0.29, 0.717) is 5.02 Å². The average Bonchev–Trinajstić information content (AvgIpc) is 3.98. The number of methoxy groups -OCH3 is 3. The van der Waals surface area contributed by atoms with Crippen LogP contribution in [0.25, 0.3) is 22.8 Å². The summed E-state index contributed by atoms with van der Waals surface area (Å²) in [4.78, 5) is 19.2. The zero-order valence-corrected chi connectivity index (χ0v) is 35.1. The van der Waals surface area contributed by atoms with Crippen LogP contribution in [0.3, 0.4) is 0 Å². The van der Waals surface area contributed by atoms with E-state index in [0.717, 1.165) is 129 Å². The van der Waals surface area contributed by atoms with Crippen molar-refractivity contribution in [3.05, 3.63) is 113 Å². The molecule has 2 fully saturated rings. The molecule has 11 nitrogen and oxygen atoms in total. The minimum Gasteiger partial charge on any atom is -0.497 e. The second-order valence-corrected chi connectivity index (χ2v) is 15.8. The monoisotopic (exact) mass is 824 g/mol. The van der Waals surface area contributed by atoms with Crippen LogP contribution < -0.4 is 24.0 Å². The fraction of sp³-hybridized carbons (Fsp3) is 0.349. The summed E-state index contributed by atoms with van der Waals surface area (Å²) in [6, 6.07) is 32.2. The van der Waals surface area contributed by atoms with Gasteiger partial charge in [0.25, 0.3) is 0 Å². The van der Waals surface area contributed by atoms with Crippen LogP contribution in [0.2, 0.25) is 5.02 Å². The number of anilines is 2. The van der Waals surface area contributed by atoms with Crippen LogP contribution >= 0.6 is 34.7 Å². The Morgan fingerprint density at radius 2 is 1.00 bits per heavy atom. The molecule has 2 saturated heterocycles. The van der Waals surface area contributed by atoms with Gasteiger partial charge in [-0.15, -0.1) is 0 Å². The highest BCUT2D eigenvalue weighted by Crippen LogP contribution is 2.28. The summed E-state index contributed by atoms with van der Waals surface area (Å²) in [6.45, 7) is 10.2. The van der Waals surface area contributed by atoms with Crippen LogP contribution in [-0.2, 0) is 12.8 Å². The normalized spacial score (nSPS) is 14.9. The Bertz CT molecular complexity index is 2150. The maximum atomic E-state index is 6.08. The lowest BCUT2D eigenvalue weighted by Gasteiger charge is -2.34. The highest BCUT2D eigenvalue weighted by molar-refractivity contribution is 7.10. The molecule has 0 aliphatic carbocycles. The van der Waals surface area contributed by atoms with Gasteiger partial charge in [0.15, 0.2) is 11.6 Å². The van der Waals surface area contributed by atoms with E-state index in [1.54, 1.807) is 21.3 Å². The molecule has 0 amide bonds. The third-order valence-corrected chi connectivity index (χ3v) is 12.0. The second kappa shape index (κ2) is 20.1. The Morgan fingerprint density at radius 1 is 0.526 bits per heavy atom. The second-order valence-electron chi connectivity index (χ2n) is 13.9. The fourth-order valence-corrected chi connectivity index (χ4v) is 8.52. The van der Waals surface area contributed by atoms with E-state index in [1.807, 2.05) is 60.7 Å². The number of ether oxygens (including phenoxy) is 3. The highest BCUT2D eigenvalue weighted by atomic mass is 35.5. The van der Waals surface area contributed by atoms with Gasteiger partial charge in [0, 0.05) is 105 Å². The van der Waals surface area contributed by atoms with Crippen molar-refractivity contribution < 1.29 is 14.2 Å². The van der Waals surface area contributed by atoms with Gasteiger partial charge in [-0.2, -0.15) is 18.7 Å². The Morgan fingerprint density at radius 3 is 1.47 bits per heavy atom. The number of benzene rings is 4. The molecule has 2 aromatic heterocycles. The molecule has 2 aliphatic heterocycles. The van der Waals surface area contributed by atoms with Crippen LogP contribution in [-0.4, -0.2) is 115 Å². The Kier molecular flexibility index (Phi) is 14.2. The lowest BCUT2D eigenvalue weighted by Crippen LogP contribution is -2.47. The first-order valence-electron chi connectivity index (χ1n) is 19.2. The minimum absolute atomic E-state index is 0.707. The molecule has 0 bridgehead atoms. The van der Waals surface area contributed by atoms with E-state index < -0.39 is 0 Å². The first-order valence-corrected chi connectivity index (χ1v) is 21.2. The predicted octanol–water partition coefficient (Wildman–Crippen LogP) is 7.82. The van der Waals surface area contributed by atoms with Gasteiger partial charge in [0.05, 0.1) is 21.3 Å². The van der Waals surface area contributed by atoms with Crippen molar-refractivity contribution in [1.29, 1.82) is 0 Å². The van der Waals surface area contributed by atoms with Crippen LogP contribution in [0, 0.1) is 0 Å². The summed E-state index contributed by atoms with van der Waals surface area (Å²) in [6.07, 6.45) is 2.08. The van der Waals surface area contributed by atoms with Crippen LogP contribution in [0.4, 0.5) is 10.3 Å². The lowest BCUT2D eigenvalue weighted by molar-refractivity contribution is 0.261. The summed E-state index contributed by atoms with van der Waals surface area (Å²) in [5.74, 6) is 4.23. The van der Waals surface area contributed by atoms with Gasteiger partial charge in [0.1, 0.15) is 17.2 Å². The van der Waals surface area contributed by atoms with Crippen molar-refractivity contribution in [2.24, 2.45) is 0 Å². The van der Waals surface area contributed by atoms with Crippen LogP contribution in [0.5, 0.6) is 17.2 Å². The molecule has 0 unspecified atom stereocenters. The minimum atomic E-state index is 0.707. The van der Waals surface area contributed by atoms with Crippen molar-refractivity contribution in [3.8, 4) is 40.0 Å². The summed E-state index contributed by atoms with van der Waals surface area (Å²) in [5, 5.41) is 2.70. The third kappa shape index (κ3) is 11.2. The lowest BCUT2D eigenvalue weighted by atomic mass is 10.1. The molecule has 2 aliphatic rings. The summed E-state index contributed by atoms with van der Waals surface area (Å²) < 4.78 is 24.9. The van der Waals surface area contributed by atoms with E-state index in [2.05, 4.69) is 64.7 Å². The number of nitrogens with zero attached hydrogens (tertiary/aromatic N) is 8. The quantitative estimate of drug-likeness (QED) is 0.114.